The van der Waals surface area contributed by atoms with E-state index < -0.39 is 0 Å². The standard InChI is InChI=1S/C12H11NOS/c1-9-8-13-7-6-12(9)15-11-4-2-10(14)3-5-11/h2-8,14H,1H3. The molecule has 0 atom stereocenters. The Labute approximate surface area is 93.0 Å². The van der Waals surface area contributed by atoms with Crippen LogP contribution in [0.25, 0.3) is 0 Å². The van der Waals surface area contributed by atoms with Gasteiger partial charge in [0.05, 0.1) is 0 Å². The van der Waals surface area contributed by atoms with Gasteiger partial charge >= 0.3 is 0 Å². The highest BCUT2D eigenvalue weighted by Crippen LogP contribution is 2.30. The van der Waals surface area contributed by atoms with E-state index in [4.69, 9.17) is 5.11 Å². The predicted octanol–water partition coefficient (Wildman–Crippen LogP) is 3.25. The Balaban J connectivity index is 2.22. The van der Waals surface area contributed by atoms with Crippen molar-refractivity contribution < 1.29 is 5.11 Å². The van der Waals surface area contributed by atoms with Gasteiger partial charge in [-0.15, -0.1) is 0 Å². The number of hydrogen-bond donors (Lipinski definition) is 1. The van der Waals surface area contributed by atoms with Gasteiger partial charge in [0.25, 0.3) is 0 Å². The quantitative estimate of drug-likeness (QED) is 0.838. The number of pyridine rings is 1. The molecular formula is C12H11NOS. The molecule has 0 unspecified atom stereocenters. The Bertz CT molecular complexity index is 453. The number of hydrogen-bond acceptors (Lipinski definition) is 3. The van der Waals surface area contributed by atoms with Gasteiger partial charge in [0.2, 0.25) is 0 Å². The monoisotopic (exact) mass is 217 g/mol. The summed E-state index contributed by atoms with van der Waals surface area (Å²) in [5.74, 6) is 0.297. The summed E-state index contributed by atoms with van der Waals surface area (Å²) in [7, 11) is 0. The van der Waals surface area contributed by atoms with Gasteiger partial charge in [-0.2, -0.15) is 0 Å². The molecule has 0 bridgehead atoms. The highest BCUT2D eigenvalue weighted by Gasteiger charge is 2.00. The van der Waals surface area contributed by atoms with Crippen molar-refractivity contribution in [1.82, 2.24) is 4.98 Å². The van der Waals surface area contributed by atoms with E-state index in [2.05, 4.69) is 4.98 Å². The molecule has 0 aliphatic carbocycles. The van der Waals surface area contributed by atoms with Crippen molar-refractivity contribution in [3.63, 3.8) is 0 Å². The number of aromatic hydroxyl groups is 1. The van der Waals surface area contributed by atoms with Gasteiger partial charge in [-0.25, -0.2) is 0 Å². The van der Waals surface area contributed by atoms with Crippen molar-refractivity contribution in [2.45, 2.75) is 16.7 Å². The molecule has 1 aromatic heterocycles. The summed E-state index contributed by atoms with van der Waals surface area (Å²) in [6.45, 7) is 2.04. The van der Waals surface area contributed by atoms with Gasteiger partial charge in [-0.3, -0.25) is 4.98 Å². The van der Waals surface area contributed by atoms with Crippen LogP contribution in [0.15, 0.2) is 52.5 Å². The van der Waals surface area contributed by atoms with Gasteiger partial charge in [-0.1, -0.05) is 11.8 Å². The van der Waals surface area contributed by atoms with Crippen LogP contribution in [0.1, 0.15) is 5.56 Å². The highest BCUT2D eigenvalue weighted by molar-refractivity contribution is 7.99. The van der Waals surface area contributed by atoms with Gasteiger partial charge in [0, 0.05) is 22.2 Å². The number of aryl methyl sites for hydroxylation is 1. The van der Waals surface area contributed by atoms with Crippen LogP contribution in [-0.2, 0) is 0 Å². The van der Waals surface area contributed by atoms with Crippen LogP contribution in [0.5, 0.6) is 5.75 Å². The fourth-order valence-electron chi connectivity index (χ4n) is 1.22. The number of aromatic nitrogens is 1. The summed E-state index contributed by atoms with van der Waals surface area (Å²) in [5, 5.41) is 9.16. The molecule has 0 fully saturated rings. The lowest BCUT2D eigenvalue weighted by Gasteiger charge is -2.04. The van der Waals surface area contributed by atoms with Gasteiger partial charge in [-0.05, 0) is 42.8 Å². The maximum Gasteiger partial charge on any atom is 0.115 e. The van der Waals surface area contributed by atoms with Gasteiger partial charge in [0.15, 0.2) is 0 Å². The molecule has 0 saturated carbocycles. The summed E-state index contributed by atoms with van der Waals surface area (Å²) in [6.07, 6.45) is 3.64. The molecule has 0 aliphatic rings. The Hall–Kier alpha value is -1.48. The van der Waals surface area contributed by atoms with Crippen LogP contribution in [0, 0.1) is 6.92 Å². The third kappa shape index (κ3) is 2.50. The minimum Gasteiger partial charge on any atom is -0.508 e. The summed E-state index contributed by atoms with van der Waals surface area (Å²) < 4.78 is 0. The summed E-state index contributed by atoms with van der Waals surface area (Å²) in [5.41, 5.74) is 1.16. The first kappa shape index (κ1) is 10.1. The number of phenols is 1. The Morgan fingerprint density at radius 1 is 1.13 bits per heavy atom. The first-order valence-corrected chi connectivity index (χ1v) is 5.45. The van der Waals surface area contributed by atoms with Crippen LogP contribution in [0.3, 0.4) is 0 Å². The Morgan fingerprint density at radius 2 is 1.87 bits per heavy atom. The van der Waals surface area contributed by atoms with Crippen LogP contribution in [0.2, 0.25) is 0 Å². The number of benzene rings is 1. The van der Waals surface area contributed by atoms with E-state index in [1.54, 1.807) is 30.1 Å². The lowest BCUT2D eigenvalue weighted by atomic mass is 10.3. The fraction of sp³-hybridized carbons (Fsp3) is 0.0833. The van der Waals surface area contributed by atoms with E-state index in [-0.39, 0.29) is 0 Å². The minimum absolute atomic E-state index is 0.297. The lowest BCUT2D eigenvalue weighted by Crippen LogP contribution is -1.80. The second-order valence-corrected chi connectivity index (χ2v) is 4.35. The van der Waals surface area contributed by atoms with Crippen LogP contribution < -0.4 is 0 Å². The maximum atomic E-state index is 9.16. The second kappa shape index (κ2) is 4.36. The molecule has 0 saturated heterocycles. The third-order valence-electron chi connectivity index (χ3n) is 2.03. The van der Waals surface area contributed by atoms with Crippen molar-refractivity contribution in [2.75, 3.05) is 0 Å². The molecule has 3 heteroatoms. The second-order valence-electron chi connectivity index (χ2n) is 3.24. The molecule has 76 valence electrons. The Kier molecular flexibility index (Phi) is 2.92. The lowest BCUT2D eigenvalue weighted by molar-refractivity contribution is 0.475. The smallest absolute Gasteiger partial charge is 0.115 e. The van der Waals surface area contributed by atoms with Crippen LogP contribution in [0.4, 0.5) is 0 Å². The Morgan fingerprint density at radius 3 is 2.53 bits per heavy atom. The van der Waals surface area contributed by atoms with Crippen molar-refractivity contribution in [3.8, 4) is 5.75 Å². The van der Waals surface area contributed by atoms with Crippen molar-refractivity contribution >= 4 is 11.8 Å². The third-order valence-corrected chi connectivity index (χ3v) is 3.22. The normalized spacial score (nSPS) is 10.2. The SMILES string of the molecule is Cc1cnccc1Sc1ccc(O)cc1. The zero-order valence-electron chi connectivity index (χ0n) is 8.34. The summed E-state index contributed by atoms with van der Waals surface area (Å²) >= 11 is 1.67. The zero-order valence-corrected chi connectivity index (χ0v) is 9.16. The van der Waals surface area contributed by atoms with Crippen molar-refractivity contribution in [3.05, 3.63) is 48.3 Å². The molecular weight excluding hydrogens is 206 g/mol. The minimum atomic E-state index is 0.297. The molecule has 1 aromatic carbocycles. The van der Waals surface area contributed by atoms with E-state index in [1.807, 2.05) is 31.3 Å². The number of nitrogens with zero attached hydrogens (tertiary/aromatic N) is 1. The molecule has 2 aromatic rings. The molecule has 2 rings (SSSR count). The van der Waals surface area contributed by atoms with E-state index in [0.717, 1.165) is 10.5 Å². The molecule has 15 heavy (non-hydrogen) atoms. The molecule has 0 radical (unpaired) electrons. The zero-order chi connectivity index (χ0) is 10.7. The molecule has 0 amide bonds. The van der Waals surface area contributed by atoms with E-state index in [0.29, 0.717) is 5.75 Å². The van der Waals surface area contributed by atoms with Crippen molar-refractivity contribution in [1.29, 1.82) is 0 Å². The number of rotatable bonds is 2. The maximum absolute atomic E-state index is 9.16. The average Bonchev–Trinajstić information content (AvgIpc) is 2.25. The first-order valence-electron chi connectivity index (χ1n) is 4.63. The molecule has 0 aliphatic heterocycles. The summed E-state index contributed by atoms with van der Waals surface area (Å²) in [6, 6.07) is 9.18. The van der Waals surface area contributed by atoms with Crippen LogP contribution in [-0.4, -0.2) is 10.1 Å². The average molecular weight is 217 g/mol. The topological polar surface area (TPSA) is 33.1 Å². The first-order chi connectivity index (χ1) is 7.25. The fourth-order valence-corrected chi connectivity index (χ4v) is 2.08. The molecule has 0 spiro atoms. The van der Waals surface area contributed by atoms with Gasteiger partial charge in [0.1, 0.15) is 5.75 Å². The predicted molar refractivity (Wildman–Crippen MR) is 61.2 cm³/mol. The summed E-state index contributed by atoms with van der Waals surface area (Å²) in [4.78, 5) is 6.35. The van der Waals surface area contributed by atoms with E-state index in [9.17, 15) is 0 Å². The molecule has 2 nitrogen and oxygen atoms in total. The highest BCUT2D eigenvalue weighted by atomic mass is 32.2. The number of phenolic OH excluding ortho intramolecular Hbond substituents is 1. The molecule has 1 heterocycles. The van der Waals surface area contributed by atoms with Crippen molar-refractivity contribution in [2.24, 2.45) is 0 Å². The van der Waals surface area contributed by atoms with E-state index >= 15 is 0 Å². The van der Waals surface area contributed by atoms with E-state index in [1.165, 1.54) is 4.90 Å². The largest absolute Gasteiger partial charge is 0.508 e. The van der Waals surface area contributed by atoms with Gasteiger partial charge < -0.3 is 5.11 Å². The van der Waals surface area contributed by atoms with Crippen LogP contribution >= 0.6 is 11.8 Å². The molecule has 1 N–H and O–H groups in total.